The molecule has 0 aliphatic carbocycles. The number of ether oxygens (including phenoxy) is 2. The Morgan fingerprint density at radius 2 is 1.90 bits per heavy atom. The lowest BCUT2D eigenvalue weighted by Gasteiger charge is -2.08. The average molecular weight is 295 g/mol. The van der Waals surface area contributed by atoms with E-state index in [9.17, 15) is 22.8 Å². The summed E-state index contributed by atoms with van der Waals surface area (Å²) in [6.45, 7) is -0.556. The Bertz CT molecular complexity index is 498. The van der Waals surface area contributed by atoms with Crippen LogP contribution in [0.4, 0.5) is 13.2 Å². The summed E-state index contributed by atoms with van der Waals surface area (Å²) < 4.78 is 46.2. The SMILES string of the molecule is COC(=O)Cc1c(C(=O)OC)nnn1CCC(F)(F)F. The number of aromatic nitrogens is 3. The maximum atomic E-state index is 12.2. The van der Waals surface area contributed by atoms with E-state index in [1.165, 1.54) is 0 Å². The molecule has 1 aromatic rings. The smallest absolute Gasteiger partial charge is 0.390 e. The molecule has 1 heterocycles. The van der Waals surface area contributed by atoms with Crippen LogP contribution in [0, 0.1) is 0 Å². The number of esters is 2. The van der Waals surface area contributed by atoms with Crippen LogP contribution in [0.15, 0.2) is 0 Å². The van der Waals surface area contributed by atoms with Crippen molar-refractivity contribution in [1.82, 2.24) is 15.0 Å². The highest BCUT2D eigenvalue weighted by molar-refractivity contribution is 5.89. The van der Waals surface area contributed by atoms with Gasteiger partial charge in [-0.2, -0.15) is 13.2 Å². The van der Waals surface area contributed by atoms with E-state index in [4.69, 9.17) is 0 Å². The van der Waals surface area contributed by atoms with Crippen LogP contribution < -0.4 is 0 Å². The molecular weight excluding hydrogens is 283 g/mol. The van der Waals surface area contributed by atoms with E-state index in [1.807, 2.05) is 0 Å². The van der Waals surface area contributed by atoms with Gasteiger partial charge in [-0.25, -0.2) is 9.48 Å². The normalized spacial score (nSPS) is 11.2. The van der Waals surface area contributed by atoms with Gasteiger partial charge in [0.05, 0.1) is 39.3 Å². The van der Waals surface area contributed by atoms with Crippen LogP contribution in [0.25, 0.3) is 0 Å². The van der Waals surface area contributed by atoms with Gasteiger partial charge < -0.3 is 9.47 Å². The first-order valence-electron chi connectivity index (χ1n) is 5.42. The van der Waals surface area contributed by atoms with Gasteiger partial charge in [-0.15, -0.1) is 5.10 Å². The fraction of sp³-hybridized carbons (Fsp3) is 0.600. The summed E-state index contributed by atoms with van der Waals surface area (Å²) >= 11 is 0. The molecule has 0 atom stereocenters. The van der Waals surface area contributed by atoms with Gasteiger partial charge in [0.2, 0.25) is 0 Å². The van der Waals surface area contributed by atoms with E-state index >= 15 is 0 Å². The maximum Gasteiger partial charge on any atom is 0.390 e. The van der Waals surface area contributed by atoms with Crippen molar-refractivity contribution in [2.75, 3.05) is 14.2 Å². The summed E-state index contributed by atoms with van der Waals surface area (Å²) in [5, 5.41) is 6.87. The highest BCUT2D eigenvalue weighted by atomic mass is 19.4. The second kappa shape index (κ2) is 6.35. The third kappa shape index (κ3) is 4.21. The zero-order valence-electron chi connectivity index (χ0n) is 10.7. The fourth-order valence-electron chi connectivity index (χ4n) is 1.38. The molecule has 0 radical (unpaired) electrons. The van der Waals surface area contributed by atoms with Crippen LogP contribution in [0.1, 0.15) is 22.6 Å². The summed E-state index contributed by atoms with van der Waals surface area (Å²) in [5.74, 6) is -1.62. The van der Waals surface area contributed by atoms with Crippen molar-refractivity contribution in [2.24, 2.45) is 0 Å². The van der Waals surface area contributed by atoms with E-state index in [0.29, 0.717) is 0 Å². The molecule has 0 unspecified atom stereocenters. The van der Waals surface area contributed by atoms with Gasteiger partial charge in [-0.05, 0) is 0 Å². The van der Waals surface area contributed by atoms with Crippen LogP contribution in [-0.4, -0.2) is 47.3 Å². The Hall–Kier alpha value is -2.13. The molecule has 0 fully saturated rings. The lowest BCUT2D eigenvalue weighted by molar-refractivity contribution is -0.139. The quantitative estimate of drug-likeness (QED) is 0.745. The van der Waals surface area contributed by atoms with Crippen molar-refractivity contribution in [2.45, 2.75) is 25.6 Å². The van der Waals surface area contributed by atoms with Gasteiger partial charge in [0.25, 0.3) is 0 Å². The van der Waals surface area contributed by atoms with E-state index < -0.39 is 37.5 Å². The van der Waals surface area contributed by atoms with Crippen molar-refractivity contribution >= 4 is 11.9 Å². The number of rotatable bonds is 5. The standard InChI is InChI=1S/C10H12F3N3O4/c1-19-7(17)5-6-8(9(18)20-2)14-15-16(6)4-3-10(11,12)13/h3-5H2,1-2H3. The summed E-state index contributed by atoms with van der Waals surface area (Å²) in [5.41, 5.74) is -0.381. The van der Waals surface area contributed by atoms with E-state index in [2.05, 4.69) is 19.8 Å². The Balaban J connectivity index is 3.01. The molecule has 0 spiro atoms. The minimum absolute atomic E-state index is 0.0760. The van der Waals surface area contributed by atoms with E-state index in [1.54, 1.807) is 0 Å². The number of hydrogen-bond donors (Lipinski definition) is 0. The number of alkyl halides is 3. The van der Waals surface area contributed by atoms with Crippen molar-refractivity contribution in [1.29, 1.82) is 0 Å². The first-order chi connectivity index (χ1) is 9.28. The topological polar surface area (TPSA) is 83.3 Å². The van der Waals surface area contributed by atoms with Crippen molar-refractivity contribution in [3.05, 3.63) is 11.4 Å². The van der Waals surface area contributed by atoms with E-state index in [-0.39, 0.29) is 11.4 Å². The molecule has 0 aliphatic heterocycles. The van der Waals surface area contributed by atoms with Gasteiger partial charge in [0, 0.05) is 0 Å². The van der Waals surface area contributed by atoms with Crippen molar-refractivity contribution < 1.29 is 32.2 Å². The molecule has 7 nitrogen and oxygen atoms in total. The number of nitrogens with zero attached hydrogens (tertiary/aromatic N) is 3. The molecular formula is C10H12F3N3O4. The molecule has 0 bridgehead atoms. The second-order valence-electron chi connectivity index (χ2n) is 3.72. The minimum atomic E-state index is -4.39. The average Bonchev–Trinajstić information content (AvgIpc) is 2.77. The van der Waals surface area contributed by atoms with Gasteiger partial charge >= 0.3 is 18.1 Å². The molecule has 0 saturated heterocycles. The monoisotopic (exact) mass is 295 g/mol. The molecule has 1 rings (SSSR count). The van der Waals surface area contributed by atoms with E-state index in [0.717, 1.165) is 18.9 Å². The second-order valence-corrected chi connectivity index (χ2v) is 3.72. The van der Waals surface area contributed by atoms with Gasteiger partial charge in [0.15, 0.2) is 5.69 Å². The number of hydrogen-bond acceptors (Lipinski definition) is 6. The number of carbonyl (C=O) groups is 2. The molecule has 0 aliphatic rings. The first kappa shape index (κ1) is 15.9. The Morgan fingerprint density at radius 3 is 2.40 bits per heavy atom. The highest BCUT2D eigenvalue weighted by Crippen LogP contribution is 2.21. The zero-order valence-corrected chi connectivity index (χ0v) is 10.7. The molecule has 0 aromatic carbocycles. The largest absolute Gasteiger partial charge is 0.469 e. The summed E-state index contributed by atoms with van der Waals surface area (Å²) in [6, 6.07) is 0. The molecule has 1 aromatic heterocycles. The third-order valence-corrected chi connectivity index (χ3v) is 2.36. The molecule has 0 N–H and O–H groups in total. The molecule has 20 heavy (non-hydrogen) atoms. The lowest BCUT2D eigenvalue weighted by atomic mass is 10.2. The van der Waals surface area contributed by atoms with Gasteiger partial charge in [-0.3, -0.25) is 4.79 Å². The number of halogens is 3. The molecule has 112 valence electrons. The Labute approximate surface area is 111 Å². The Morgan fingerprint density at radius 1 is 1.25 bits per heavy atom. The first-order valence-corrected chi connectivity index (χ1v) is 5.42. The minimum Gasteiger partial charge on any atom is -0.469 e. The maximum absolute atomic E-state index is 12.2. The summed E-state index contributed by atoms with van der Waals surface area (Å²) in [7, 11) is 2.20. The number of methoxy groups -OCH3 is 2. The highest BCUT2D eigenvalue weighted by Gasteiger charge is 2.29. The zero-order chi connectivity index (χ0) is 15.3. The summed E-state index contributed by atoms with van der Waals surface area (Å²) in [4.78, 5) is 22.6. The number of aryl methyl sites for hydroxylation is 1. The fourth-order valence-corrected chi connectivity index (χ4v) is 1.38. The van der Waals surface area contributed by atoms with Gasteiger partial charge in [-0.1, -0.05) is 5.21 Å². The molecule has 0 saturated carbocycles. The van der Waals surface area contributed by atoms with Crippen LogP contribution in [0.5, 0.6) is 0 Å². The van der Waals surface area contributed by atoms with Crippen LogP contribution in [0.3, 0.4) is 0 Å². The lowest BCUT2D eigenvalue weighted by Crippen LogP contribution is -2.18. The summed E-state index contributed by atoms with van der Waals surface area (Å²) in [6.07, 6.45) is -5.98. The van der Waals surface area contributed by atoms with Crippen molar-refractivity contribution in [3.8, 4) is 0 Å². The van der Waals surface area contributed by atoms with Crippen LogP contribution >= 0.6 is 0 Å². The molecule has 10 heteroatoms. The third-order valence-electron chi connectivity index (χ3n) is 2.36. The van der Waals surface area contributed by atoms with Gasteiger partial charge in [0.1, 0.15) is 0 Å². The predicted octanol–water partition coefficient (Wildman–Crippen LogP) is 0.733. The van der Waals surface area contributed by atoms with Crippen LogP contribution in [0.2, 0.25) is 0 Å². The number of carbonyl (C=O) groups excluding carboxylic acids is 2. The van der Waals surface area contributed by atoms with Crippen LogP contribution in [-0.2, 0) is 27.2 Å². The molecule has 0 amide bonds. The Kier molecular flexibility index (Phi) is 5.06. The predicted molar refractivity (Wildman–Crippen MR) is 57.8 cm³/mol. The van der Waals surface area contributed by atoms with Crippen molar-refractivity contribution in [3.63, 3.8) is 0 Å².